The third-order valence-corrected chi connectivity index (χ3v) is 8.68. The summed E-state index contributed by atoms with van der Waals surface area (Å²) >= 11 is -1.18. The molecule has 4 nitrogen and oxygen atoms in total. The Morgan fingerprint density at radius 3 is 2.41 bits per heavy atom. The molecule has 172 valence electrons. The fraction of sp³-hybridized carbons (Fsp3) is 0.500. The first-order valence-electron chi connectivity index (χ1n) is 11.4. The predicted octanol–water partition coefficient (Wildman–Crippen LogP) is 4.89. The molecule has 2 aliphatic rings. The minimum atomic E-state index is -1.18. The summed E-state index contributed by atoms with van der Waals surface area (Å²) in [6.07, 6.45) is 2.67. The Bertz CT molecular complexity index is 965. The van der Waals surface area contributed by atoms with Crippen molar-refractivity contribution in [2.75, 3.05) is 13.1 Å². The lowest BCUT2D eigenvalue weighted by molar-refractivity contribution is -0.135. The molecule has 1 N–H and O–H groups in total. The van der Waals surface area contributed by atoms with Crippen molar-refractivity contribution < 1.29 is 13.7 Å². The van der Waals surface area contributed by atoms with Crippen molar-refractivity contribution in [2.45, 2.75) is 63.7 Å². The zero-order valence-electron chi connectivity index (χ0n) is 19.4. The minimum absolute atomic E-state index is 0.0190. The number of fused-ring (bicyclic) bond motifs is 1. The topological polar surface area (TPSA) is 55.4 Å². The van der Waals surface area contributed by atoms with Crippen LogP contribution in [0.15, 0.2) is 48.5 Å². The molecule has 2 unspecified atom stereocenters. The van der Waals surface area contributed by atoms with Crippen LogP contribution in [0.3, 0.4) is 0 Å². The third kappa shape index (κ3) is 4.45. The van der Waals surface area contributed by atoms with Crippen LogP contribution in [-0.4, -0.2) is 33.2 Å². The van der Waals surface area contributed by atoms with Crippen LogP contribution in [0.4, 0.5) is 4.39 Å². The van der Waals surface area contributed by atoms with E-state index in [4.69, 9.17) is 0 Å². The normalized spacial score (nSPS) is 21.9. The molecular formula is C26H33FN2O2S. The molecule has 32 heavy (non-hydrogen) atoms. The van der Waals surface area contributed by atoms with Gasteiger partial charge in [-0.2, -0.15) is 0 Å². The van der Waals surface area contributed by atoms with E-state index in [0.717, 1.165) is 24.8 Å². The highest BCUT2D eigenvalue weighted by Gasteiger charge is 2.50. The van der Waals surface area contributed by atoms with Crippen LogP contribution in [-0.2, 0) is 22.6 Å². The Hall–Kier alpha value is -1.89. The zero-order chi connectivity index (χ0) is 23.1. The van der Waals surface area contributed by atoms with Crippen LogP contribution in [0, 0.1) is 11.2 Å². The standard InChI is InChI=1S/C26H33FN2O2S/c1-18(19-9-11-21(27)12-10-19)24(30)29-15-13-26(14-16-29)17-20-7-5-6-8-22(20)23(26)28-32(31)25(2,3)4/h5-12,18,23,28H,13-17H2,1-4H3/t18?,23-,32?/m1/s1. The van der Waals surface area contributed by atoms with Gasteiger partial charge in [-0.1, -0.05) is 36.4 Å². The summed E-state index contributed by atoms with van der Waals surface area (Å²) in [5, 5.41) is 0. The Labute approximate surface area is 193 Å². The molecule has 3 atom stereocenters. The lowest BCUT2D eigenvalue weighted by Gasteiger charge is -2.44. The van der Waals surface area contributed by atoms with E-state index >= 15 is 0 Å². The molecule has 6 heteroatoms. The molecule has 2 aromatic carbocycles. The van der Waals surface area contributed by atoms with Crippen molar-refractivity contribution in [1.82, 2.24) is 9.62 Å². The highest BCUT2D eigenvalue weighted by Crippen LogP contribution is 2.52. The van der Waals surface area contributed by atoms with Gasteiger partial charge < -0.3 is 9.45 Å². The summed E-state index contributed by atoms with van der Waals surface area (Å²) < 4.78 is 29.4. The van der Waals surface area contributed by atoms with Gasteiger partial charge in [0, 0.05) is 29.9 Å². The van der Waals surface area contributed by atoms with Gasteiger partial charge in [-0.3, -0.25) is 4.79 Å². The maximum Gasteiger partial charge on any atom is 0.229 e. The van der Waals surface area contributed by atoms with Gasteiger partial charge in [-0.25, -0.2) is 4.39 Å². The SMILES string of the molecule is CC(C(=O)N1CCC2(CC1)Cc1ccccc1[C@H]2N[S+]([O-])C(C)(C)C)c1ccc(F)cc1. The van der Waals surface area contributed by atoms with E-state index in [1.165, 1.54) is 23.3 Å². The monoisotopic (exact) mass is 456 g/mol. The number of hydrogen-bond donors (Lipinski definition) is 1. The molecule has 0 saturated carbocycles. The molecule has 2 aromatic rings. The van der Waals surface area contributed by atoms with Crippen LogP contribution in [0.25, 0.3) is 0 Å². The summed E-state index contributed by atoms with van der Waals surface area (Å²) in [4.78, 5) is 15.1. The highest BCUT2D eigenvalue weighted by molar-refractivity contribution is 7.90. The quantitative estimate of drug-likeness (QED) is 0.667. The van der Waals surface area contributed by atoms with E-state index in [-0.39, 0.29) is 33.8 Å². The van der Waals surface area contributed by atoms with Crippen molar-refractivity contribution in [1.29, 1.82) is 0 Å². The van der Waals surface area contributed by atoms with Crippen molar-refractivity contribution in [2.24, 2.45) is 5.41 Å². The molecule has 1 saturated heterocycles. The smallest absolute Gasteiger partial charge is 0.229 e. The summed E-state index contributed by atoms with van der Waals surface area (Å²) in [6.45, 7) is 9.21. The fourth-order valence-electron chi connectivity index (χ4n) is 5.07. The molecule has 0 bridgehead atoms. The second-order valence-electron chi connectivity index (χ2n) is 10.3. The molecule has 1 aliphatic heterocycles. The van der Waals surface area contributed by atoms with Crippen LogP contribution >= 0.6 is 0 Å². The predicted molar refractivity (Wildman–Crippen MR) is 127 cm³/mol. The Morgan fingerprint density at radius 1 is 1.16 bits per heavy atom. The molecule has 1 amide bonds. The van der Waals surface area contributed by atoms with Gasteiger partial charge in [0.1, 0.15) is 10.6 Å². The first-order chi connectivity index (χ1) is 15.1. The number of halogens is 1. The number of piperidine rings is 1. The van der Waals surface area contributed by atoms with Crippen LogP contribution in [0.2, 0.25) is 0 Å². The average molecular weight is 457 g/mol. The van der Waals surface area contributed by atoms with Gasteiger partial charge in [-0.05, 0) is 75.8 Å². The van der Waals surface area contributed by atoms with Gasteiger partial charge in [0.25, 0.3) is 0 Å². The number of nitrogens with one attached hydrogen (secondary N) is 1. The third-order valence-electron chi connectivity index (χ3n) is 7.11. The number of likely N-dealkylation sites (tertiary alicyclic amines) is 1. The average Bonchev–Trinajstić information content (AvgIpc) is 3.06. The van der Waals surface area contributed by atoms with Crippen molar-refractivity contribution >= 4 is 17.3 Å². The molecule has 0 aromatic heterocycles. The lowest BCUT2D eigenvalue weighted by atomic mass is 9.73. The first-order valence-corrected chi connectivity index (χ1v) is 12.6. The number of nitrogens with zero attached hydrogens (tertiary/aromatic N) is 1. The molecule has 1 aliphatic carbocycles. The number of amides is 1. The maximum absolute atomic E-state index is 13.3. The summed E-state index contributed by atoms with van der Waals surface area (Å²) in [7, 11) is 0. The Kier molecular flexibility index (Phi) is 6.40. The summed E-state index contributed by atoms with van der Waals surface area (Å²) in [5.74, 6) is -0.502. The number of benzene rings is 2. The van der Waals surface area contributed by atoms with Crippen LogP contribution in [0.5, 0.6) is 0 Å². The Morgan fingerprint density at radius 2 is 1.78 bits per heavy atom. The molecule has 1 spiro atoms. The van der Waals surface area contributed by atoms with E-state index in [2.05, 4.69) is 29.0 Å². The fourth-order valence-corrected chi connectivity index (χ4v) is 6.01. The second kappa shape index (κ2) is 8.81. The van der Waals surface area contributed by atoms with E-state index in [9.17, 15) is 13.7 Å². The molecule has 0 radical (unpaired) electrons. The summed E-state index contributed by atoms with van der Waals surface area (Å²) in [6, 6.07) is 14.7. The van der Waals surface area contributed by atoms with Gasteiger partial charge in [0.05, 0.1) is 12.0 Å². The second-order valence-corrected chi connectivity index (χ2v) is 12.3. The zero-order valence-corrected chi connectivity index (χ0v) is 20.2. The van der Waals surface area contributed by atoms with E-state index < -0.39 is 11.4 Å². The number of hydrogen-bond acceptors (Lipinski definition) is 3. The number of rotatable bonds is 4. The number of carbonyl (C=O) groups excluding carboxylic acids is 1. The van der Waals surface area contributed by atoms with Crippen LogP contribution < -0.4 is 4.72 Å². The van der Waals surface area contributed by atoms with E-state index in [1.807, 2.05) is 32.6 Å². The highest BCUT2D eigenvalue weighted by atomic mass is 32.2. The molecule has 1 fully saturated rings. The minimum Gasteiger partial charge on any atom is -0.598 e. The van der Waals surface area contributed by atoms with Crippen molar-refractivity contribution in [3.05, 3.63) is 71.0 Å². The Balaban J connectivity index is 1.50. The maximum atomic E-state index is 13.3. The van der Waals surface area contributed by atoms with Gasteiger partial charge >= 0.3 is 0 Å². The van der Waals surface area contributed by atoms with Gasteiger partial charge in [0.2, 0.25) is 5.91 Å². The molecule has 1 heterocycles. The largest absolute Gasteiger partial charge is 0.598 e. The van der Waals surface area contributed by atoms with Gasteiger partial charge in [0.15, 0.2) is 0 Å². The lowest BCUT2D eigenvalue weighted by Crippen LogP contribution is -2.51. The van der Waals surface area contributed by atoms with Gasteiger partial charge in [-0.15, -0.1) is 4.72 Å². The molecule has 4 rings (SSSR count). The summed E-state index contributed by atoms with van der Waals surface area (Å²) in [5.41, 5.74) is 3.35. The first kappa shape index (κ1) is 23.3. The van der Waals surface area contributed by atoms with Crippen molar-refractivity contribution in [3.8, 4) is 0 Å². The molecular weight excluding hydrogens is 423 g/mol. The van der Waals surface area contributed by atoms with Crippen LogP contribution in [0.1, 0.15) is 69.2 Å². The number of carbonyl (C=O) groups is 1. The van der Waals surface area contributed by atoms with Crippen molar-refractivity contribution in [3.63, 3.8) is 0 Å². The van der Waals surface area contributed by atoms with E-state index in [1.54, 1.807) is 12.1 Å². The van der Waals surface area contributed by atoms with E-state index in [0.29, 0.717) is 13.1 Å².